The third-order valence-electron chi connectivity index (χ3n) is 3.92. The van der Waals surface area contributed by atoms with Gasteiger partial charge in [0.25, 0.3) is 5.91 Å². The first kappa shape index (κ1) is 15.5. The molecule has 5 nitrogen and oxygen atoms in total. The summed E-state index contributed by atoms with van der Waals surface area (Å²) in [6.45, 7) is 6.72. The van der Waals surface area contributed by atoms with Crippen LogP contribution in [-0.2, 0) is 13.0 Å². The number of hydrogen-bond donors (Lipinski definition) is 1. The van der Waals surface area contributed by atoms with E-state index in [1.54, 1.807) is 13.0 Å². The number of nitrogens with one attached hydrogen (secondary N) is 1. The van der Waals surface area contributed by atoms with Gasteiger partial charge in [0.1, 0.15) is 23.4 Å². The molecule has 0 fully saturated rings. The summed E-state index contributed by atoms with van der Waals surface area (Å²) in [4.78, 5) is 12.2. The van der Waals surface area contributed by atoms with E-state index in [9.17, 15) is 4.79 Å². The first-order valence-corrected chi connectivity index (χ1v) is 7.86. The third kappa shape index (κ3) is 3.18. The Kier molecular flexibility index (Phi) is 4.28. The Bertz CT molecular complexity index is 720. The van der Waals surface area contributed by atoms with E-state index in [0.29, 0.717) is 24.5 Å². The van der Waals surface area contributed by atoms with E-state index in [0.717, 1.165) is 29.0 Å². The van der Waals surface area contributed by atoms with E-state index < -0.39 is 0 Å². The number of ether oxygens (including phenoxy) is 2. The molecule has 0 aliphatic carbocycles. The lowest BCUT2D eigenvalue weighted by atomic mass is 10.1. The van der Waals surface area contributed by atoms with Gasteiger partial charge in [-0.05, 0) is 39.0 Å². The molecular formula is C18H21NO4. The smallest absolute Gasteiger partial charge is 0.255 e. The van der Waals surface area contributed by atoms with Crippen molar-refractivity contribution in [3.05, 3.63) is 46.9 Å². The van der Waals surface area contributed by atoms with Crippen molar-refractivity contribution in [2.45, 2.75) is 39.8 Å². The first-order valence-electron chi connectivity index (χ1n) is 7.86. The summed E-state index contributed by atoms with van der Waals surface area (Å²) >= 11 is 0. The predicted octanol–water partition coefficient (Wildman–Crippen LogP) is 3.24. The van der Waals surface area contributed by atoms with E-state index in [4.69, 9.17) is 13.9 Å². The van der Waals surface area contributed by atoms with E-state index in [-0.39, 0.29) is 12.0 Å². The van der Waals surface area contributed by atoms with Gasteiger partial charge in [-0.15, -0.1) is 0 Å². The number of carbonyl (C=O) groups is 1. The second kappa shape index (κ2) is 6.36. The molecule has 1 N–H and O–H groups in total. The minimum Gasteiger partial charge on any atom is -0.494 e. The quantitative estimate of drug-likeness (QED) is 0.920. The SMILES string of the molecule is CCOc1cc2c(cc1CNC(=O)c1ccoc1C)OC(C)C2. The van der Waals surface area contributed by atoms with Crippen LogP contribution in [0, 0.1) is 6.92 Å². The number of amides is 1. The van der Waals surface area contributed by atoms with Crippen molar-refractivity contribution in [1.82, 2.24) is 5.32 Å². The number of carbonyl (C=O) groups excluding carboxylic acids is 1. The fourth-order valence-corrected chi connectivity index (χ4v) is 2.80. The number of benzene rings is 1. The predicted molar refractivity (Wildman–Crippen MR) is 86.0 cm³/mol. The molecule has 122 valence electrons. The van der Waals surface area contributed by atoms with E-state index >= 15 is 0 Å². The maximum absolute atomic E-state index is 12.2. The highest BCUT2D eigenvalue weighted by molar-refractivity contribution is 5.95. The Labute approximate surface area is 135 Å². The molecule has 0 spiro atoms. The molecule has 1 aliphatic rings. The molecular weight excluding hydrogens is 294 g/mol. The Morgan fingerprint density at radius 1 is 1.43 bits per heavy atom. The van der Waals surface area contributed by atoms with Crippen LogP contribution < -0.4 is 14.8 Å². The van der Waals surface area contributed by atoms with E-state index in [2.05, 4.69) is 5.32 Å². The van der Waals surface area contributed by atoms with Crippen molar-refractivity contribution in [2.75, 3.05) is 6.61 Å². The molecule has 0 radical (unpaired) electrons. The van der Waals surface area contributed by atoms with Gasteiger partial charge in [0.2, 0.25) is 0 Å². The maximum Gasteiger partial charge on any atom is 0.255 e. The molecule has 1 aliphatic heterocycles. The van der Waals surface area contributed by atoms with Gasteiger partial charge in [0.15, 0.2) is 0 Å². The fraction of sp³-hybridized carbons (Fsp3) is 0.389. The normalized spacial score (nSPS) is 15.9. The highest BCUT2D eigenvalue weighted by Gasteiger charge is 2.22. The average Bonchev–Trinajstić information content (AvgIpc) is 3.09. The summed E-state index contributed by atoms with van der Waals surface area (Å²) in [6.07, 6.45) is 2.58. The Hall–Kier alpha value is -2.43. The van der Waals surface area contributed by atoms with Crippen LogP contribution >= 0.6 is 0 Å². The summed E-state index contributed by atoms with van der Waals surface area (Å²) < 4.78 is 16.7. The second-order valence-corrected chi connectivity index (χ2v) is 5.71. The number of aryl methyl sites for hydroxylation is 1. The number of rotatable bonds is 5. The van der Waals surface area contributed by atoms with Gasteiger partial charge < -0.3 is 19.2 Å². The lowest BCUT2D eigenvalue weighted by molar-refractivity contribution is 0.0949. The van der Waals surface area contributed by atoms with Crippen LogP contribution in [0.3, 0.4) is 0 Å². The molecule has 0 saturated heterocycles. The molecule has 0 bridgehead atoms. The van der Waals surface area contributed by atoms with E-state index in [1.165, 1.54) is 6.26 Å². The zero-order valence-electron chi connectivity index (χ0n) is 13.6. The van der Waals surface area contributed by atoms with Gasteiger partial charge in [0, 0.05) is 24.1 Å². The molecule has 1 aromatic carbocycles. The lowest BCUT2D eigenvalue weighted by Gasteiger charge is -2.13. The Morgan fingerprint density at radius 2 is 2.26 bits per heavy atom. The fourth-order valence-electron chi connectivity index (χ4n) is 2.80. The van der Waals surface area contributed by atoms with Gasteiger partial charge in [-0.1, -0.05) is 0 Å². The van der Waals surface area contributed by atoms with Gasteiger partial charge >= 0.3 is 0 Å². The standard InChI is InChI=1S/C18H21NO4/c1-4-21-16-8-13-7-11(2)23-17(13)9-14(16)10-19-18(20)15-5-6-22-12(15)3/h5-6,8-9,11H,4,7,10H2,1-3H3,(H,19,20). The molecule has 2 aromatic rings. The van der Waals surface area contributed by atoms with Crippen molar-refractivity contribution in [1.29, 1.82) is 0 Å². The molecule has 1 unspecified atom stereocenters. The summed E-state index contributed by atoms with van der Waals surface area (Å²) in [7, 11) is 0. The molecule has 1 aromatic heterocycles. The zero-order valence-corrected chi connectivity index (χ0v) is 13.6. The van der Waals surface area contributed by atoms with Crippen LogP contribution in [0.4, 0.5) is 0 Å². The van der Waals surface area contributed by atoms with Gasteiger partial charge in [0.05, 0.1) is 18.4 Å². The number of furan rings is 1. The minimum absolute atomic E-state index is 0.159. The monoisotopic (exact) mass is 315 g/mol. The summed E-state index contributed by atoms with van der Waals surface area (Å²) in [6, 6.07) is 5.65. The molecule has 1 amide bonds. The van der Waals surface area contributed by atoms with Crippen molar-refractivity contribution in [3.63, 3.8) is 0 Å². The average molecular weight is 315 g/mol. The molecule has 0 saturated carbocycles. The Balaban J connectivity index is 1.78. The number of fused-ring (bicyclic) bond motifs is 1. The lowest BCUT2D eigenvalue weighted by Crippen LogP contribution is -2.23. The van der Waals surface area contributed by atoms with Crippen LogP contribution in [0.1, 0.15) is 41.1 Å². The molecule has 1 atom stereocenters. The highest BCUT2D eigenvalue weighted by Crippen LogP contribution is 2.35. The van der Waals surface area contributed by atoms with Crippen LogP contribution in [0.2, 0.25) is 0 Å². The summed E-state index contributed by atoms with van der Waals surface area (Å²) in [5, 5.41) is 2.91. The van der Waals surface area contributed by atoms with Crippen LogP contribution in [-0.4, -0.2) is 18.6 Å². The van der Waals surface area contributed by atoms with Crippen LogP contribution in [0.15, 0.2) is 28.9 Å². The minimum atomic E-state index is -0.159. The summed E-state index contributed by atoms with van der Waals surface area (Å²) in [5.41, 5.74) is 2.62. The largest absolute Gasteiger partial charge is 0.494 e. The van der Waals surface area contributed by atoms with Crippen LogP contribution in [0.25, 0.3) is 0 Å². The first-order chi connectivity index (χ1) is 11.1. The Morgan fingerprint density at radius 3 is 2.96 bits per heavy atom. The van der Waals surface area contributed by atoms with Crippen molar-refractivity contribution in [3.8, 4) is 11.5 Å². The van der Waals surface area contributed by atoms with Gasteiger partial charge in [-0.3, -0.25) is 4.79 Å². The molecule has 2 heterocycles. The maximum atomic E-state index is 12.2. The molecule has 3 rings (SSSR count). The molecule has 5 heteroatoms. The highest BCUT2D eigenvalue weighted by atomic mass is 16.5. The van der Waals surface area contributed by atoms with Crippen molar-refractivity contribution in [2.24, 2.45) is 0 Å². The van der Waals surface area contributed by atoms with Crippen molar-refractivity contribution >= 4 is 5.91 Å². The third-order valence-corrected chi connectivity index (χ3v) is 3.92. The zero-order chi connectivity index (χ0) is 16.4. The van der Waals surface area contributed by atoms with Crippen LogP contribution in [0.5, 0.6) is 11.5 Å². The summed E-state index contributed by atoms with van der Waals surface area (Å²) in [5.74, 6) is 2.13. The van der Waals surface area contributed by atoms with Crippen molar-refractivity contribution < 1.29 is 18.7 Å². The van der Waals surface area contributed by atoms with Gasteiger partial charge in [-0.25, -0.2) is 0 Å². The second-order valence-electron chi connectivity index (χ2n) is 5.71. The molecule has 23 heavy (non-hydrogen) atoms. The van der Waals surface area contributed by atoms with E-state index in [1.807, 2.05) is 26.0 Å². The van der Waals surface area contributed by atoms with Gasteiger partial charge in [-0.2, -0.15) is 0 Å². The topological polar surface area (TPSA) is 60.7 Å². The number of hydrogen-bond acceptors (Lipinski definition) is 4.